The molecule has 20 heavy (non-hydrogen) atoms. The minimum absolute atomic E-state index is 0.192. The van der Waals surface area contributed by atoms with E-state index >= 15 is 0 Å². The van der Waals surface area contributed by atoms with Gasteiger partial charge in [-0.05, 0) is 43.2 Å². The van der Waals surface area contributed by atoms with Crippen molar-refractivity contribution in [3.05, 3.63) is 65.2 Å². The van der Waals surface area contributed by atoms with Gasteiger partial charge >= 0.3 is 0 Å². The van der Waals surface area contributed by atoms with E-state index in [0.717, 1.165) is 23.3 Å². The third-order valence-electron chi connectivity index (χ3n) is 3.18. The van der Waals surface area contributed by atoms with Crippen molar-refractivity contribution in [1.82, 2.24) is 0 Å². The Morgan fingerprint density at radius 1 is 1.00 bits per heavy atom. The number of ether oxygens (including phenoxy) is 1. The summed E-state index contributed by atoms with van der Waals surface area (Å²) < 4.78 is 5.72. The summed E-state index contributed by atoms with van der Waals surface area (Å²) >= 11 is 0. The standard InChI is InChI=1S/C18H20O2/c1-3-4-18(19)16-9-11-17(12-10-16)20-13-15-7-5-14(2)6-8-15/h5-12H,3-4,13H2,1-2H3. The Morgan fingerprint density at radius 3 is 2.25 bits per heavy atom. The normalized spacial score (nSPS) is 10.3. The molecule has 0 bridgehead atoms. The summed E-state index contributed by atoms with van der Waals surface area (Å²) in [6.45, 7) is 4.62. The van der Waals surface area contributed by atoms with Gasteiger partial charge in [-0.2, -0.15) is 0 Å². The lowest BCUT2D eigenvalue weighted by atomic mass is 10.1. The Balaban J connectivity index is 1.93. The second-order valence-electron chi connectivity index (χ2n) is 4.97. The number of benzene rings is 2. The molecule has 2 rings (SSSR count). The van der Waals surface area contributed by atoms with Crippen LogP contribution in [0.3, 0.4) is 0 Å². The van der Waals surface area contributed by atoms with Gasteiger partial charge in [-0.1, -0.05) is 36.8 Å². The maximum absolute atomic E-state index is 11.7. The highest BCUT2D eigenvalue weighted by Gasteiger charge is 2.04. The van der Waals surface area contributed by atoms with Crippen LogP contribution in [-0.2, 0) is 6.61 Å². The summed E-state index contributed by atoms with van der Waals surface area (Å²) in [5, 5.41) is 0. The average molecular weight is 268 g/mol. The van der Waals surface area contributed by atoms with Crippen LogP contribution < -0.4 is 4.74 Å². The van der Waals surface area contributed by atoms with E-state index in [2.05, 4.69) is 31.2 Å². The largest absolute Gasteiger partial charge is 0.489 e. The Morgan fingerprint density at radius 2 is 1.65 bits per heavy atom. The summed E-state index contributed by atoms with van der Waals surface area (Å²) in [4.78, 5) is 11.7. The summed E-state index contributed by atoms with van der Waals surface area (Å²) in [6, 6.07) is 15.7. The van der Waals surface area contributed by atoms with E-state index in [4.69, 9.17) is 4.74 Å². The van der Waals surface area contributed by atoms with E-state index < -0.39 is 0 Å². The Bertz CT molecular complexity index is 553. The fraction of sp³-hybridized carbons (Fsp3) is 0.278. The SMILES string of the molecule is CCCC(=O)c1ccc(OCc2ccc(C)cc2)cc1. The molecular weight excluding hydrogens is 248 g/mol. The van der Waals surface area contributed by atoms with Crippen molar-refractivity contribution < 1.29 is 9.53 Å². The Kier molecular flexibility index (Phi) is 4.94. The van der Waals surface area contributed by atoms with Crippen LogP contribution in [0, 0.1) is 6.92 Å². The van der Waals surface area contributed by atoms with Crippen LogP contribution in [0.4, 0.5) is 0 Å². The van der Waals surface area contributed by atoms with E-state index in [1.54, 1.807) is 0 Å². The van der Waals surface area contributed by atoms with E-state index in [1.165, 1.54) is 5.56 Å². The van der Waals surface area contributed by atoms with E-state index in [0.29, 0.717) is 13.0 Å². The molecule has 0 unspecified atom stereocenters. The van der Waals surface area contributed by atoms with Gasteiger partial charge in [0.25, 0.3) is 0 Å². The molecule has 104 valence electrons. The molecule has 2 aromatic carbocycles. The highest BCUT2D eigenvalue weighted by atomic mass is 16.5. The first-order chi connectivity index (χ1) is 9.69. The van der Waals surface area contributed by atoms with Crippen LogP contribution >= 0.6 is 0 Å². The number of hydrogen-bond acceptors (Lipinski definition) is 2. The van der Waals surface area contributed by atoms with Gasteiger partial charge in [-0.3, -0.25) is 4.79 Å². The zero-order chi connectivity index (χ0) is 14.4. The molecule has 0 aliphatic heterocycles. The predicted octanol–water partition coefficient (Wildman–Crippen LogP) is 4.56. The van der Waals surface area contributed by atoms with Crippen LogP contribution in [0.2, 0.25) is 0 Å². The molecule has 2 heteroatoms. The molecule has 2 aromatic rings. The Hall–Kier alpha value is -2.09. The minimum Gasteiger partial charge on any atom is -0.489 e. The number of carbonyl (C=O) groups excluding carboxylic acids is 1. The number of hydrogen-bond donors (Lipinski definition) is 0. The topological polar surface area (TPSA) is 26.3 Å². The molecule has 0 heterocycles. The molecular formula is C18H20O2. The molecule has 0 atom stereocenters. The van der Waals surface area contributed by atoms with Crippen molar-refractivity contribution in [1.29, 1.82) is 0 Å². The van der Waals surface area contributed by atoms with Gasteiger partial charge in [-0.15, -0.1) is 0 Å². The zero-order valence-electron chi connectivity index (χ0n) is 12.1. The van der Waals surface area contributed by atoms with Crippen molar-refractivity contribution in [3.8, 4) is 5.75 Å². The molecule has 0 N–H and O–H groups in total. The van der Waals surface area contributed by atoms with Crippen LogP contribution in [0.5, 0.6) is 5.75 Å². The van der Waals surface area contributed by atoms with Crippen LogP contribution in [0.25, 0.3) is 0 Å². The van der Waals surface area contributed by atoms with Gasteiger partial charge in [0.05, 0.1) is 0 Å². The van der Waals surface area contributed by atoms with E-state index in [-0.39, 0.29) is 5.78 Å². The Labute approximate surface area is 120 Å². The van der Waals surface area contributed by atoms with Crippen molar-refractivity contribution in [3.63, 3.8) is 0 Å². The molecule has 0 spiro atoms. The highest BCUT2D eigenvalue weighted by Crippen LogP contribution is 2.16. The molecule has 2 nitrogen and oxygen atoms in total. The van der Waals surface area contributed by atoms with Crippen molar-refractivity contribution in [2.75, 3.05) is 0 Å². The molecule has 0 aromatic heterocycles. The van der Waals surface area contributed by atoms with E-state index in [1.807, 2.05) is 31.2 Å². The maximum atomic E-state index is 11.7. The van der Waals surface area contributed by atoms with Crippen LogP contribution in [0.15, 0.2) is 48.5 Å². The monoisotopic (exact) mass is 268 g/mol. The second kappa shape index (κ2) is 6.90. The second-order valence-corrected chi connectivity index (χ2v) is 4.97. The smallest absolute Gasteiger partial charge is 0.162 e. The number of ketones is 1. The van der Waals surface area contributed by atoms with Gasteiger partial charge in [-0.25, -0.2) is 0 Å². The quantitative estimate of drug-likeness (QED) is 0.718. The lowest BCUT2D eigenvalue weighted by Crippen LogP contribution is -1.99. The van der Waals surface area contributed by atoms with Crippen molar-refractivity contribution in [2.24, 2.45) is 0 Å². The summed E-state index contributed by atoms with van der Waals surface area (Å²) in [5.41, 5.74) is 3.14. The maximum Gasteiger partial charge on any atom is 0.162 e. The number of carbonyl (C=O) groups is 1. The first-order valence-electron chi connectivity index (χ1n) is 7.00. The summed E-state index contributed by atoms with van der Waals surface area (Å²) in [6.07, 6.45) is 1.48. The van der Waals surface area contributed by atoms with Crippen LogP contribution in [-0.4, -0.2) is 5.78 Å². The lowest BCUT2D eigenvalue weighted by Gasteiger charge is -2.07. The number of Topliss-reactive ketones (excluding diaryl/α,β-unsaturated/α-hetero) is 1. The molecule has 0 saturated carbocycles. The molecule has 0 radical (unpaired) electrons. The highest BCUT2D eigenvalue weighted by molar-refractivity contribution is 5.96. The third-order valence-corrected chi connectivity index (χ3v) is 3.18. The molecule has 0 fully saturated rings. The van der Waals surface area contributed by atoms with E-state index in [9.17, 15) is 4.79 Å². The first-order valence-corrected chi connectivity index (χ1v) is 7.00. The summed E-state index contributed by atoms with van der Waals surface area (Å²) in [7, 11) is 0. The molecule has 0 saturated heterocycles. The van der Waals surface area contributed by atoms with Gasteiger partial charge in [0.15, 0.2) is 5.78 Å². The van der Waals surface area contributed by atoms with Gasteiger partial charge < -0.3 is 4.74 Å². The minimum atomic E-state index is 0.192. The number of rotatable bonds is 6. The van der Waals surface area contributed by atoms with Gasteiger partial charge in [0.2, 0.25) is 0 Å². The predicted molar refractivity (Wildman–Crippen MR) is 81.2 cm³/mol. The van der Waals surface area contributed by atoms with Crippen LogP contribution in [0.1, 0.15) is 41.3 Å². The third kappa shape index (κ3) is 3.95. The summed E-state index contributed by atoms with van der Waals surface area (Å²) in [5.74, 6) is 0.983. The zero-order valence-corrected chi connectivity index (χ0v) is 12.1. The van der Waals surface area contributed by atoms with Gasteiger partial charge in [0.1, 0.15) is 12.4 Å². The molecule has 0 aliphatic rings. The van der Waals surface area contributed by atoms with Crippen molar-refractivity contribution in [2.45, 2.75) is 33.3 Å². The first kappa shape index (κ1) is 14.3. The van der Waals surface area contributed by atoms with Crippen molar-refractivity contribution >= 4 is 5.78 Å². The lowest BCUT2D eigenvalue weighted by molar-refractivity contribution is 0.0981. The number of aryl methyl sites for hydroxylation is 1. The fourth-order valence-electron chi connectivity index (χ4n) is 1.96. The average Bonchev–Trinajstić information content (AvgIpc) is 2.47. The fourth-order valence-corrected chi connectivity index (χ4v) is 1.96. The molecule has 0 aliphatic carbocycles. The van der Waals surface area contributed by atoms with Gasteiger partial charge in [0, 0.05) is 12.0 Å². The molecule has 0 amide bonds.